The number of hydrogen-bond acceptors (Lipinski definition) is 8. The zero-order chi connectivity index (χ0) is 22.0. The molecule has 1 aromatic rings. The number of aliphatic hydroxyl groups is 1. The lowest BCUT2D eigenvalue weighted by Gasteiger charge is -2.30. The molecular formula is C19H31F2N5O3. The van der Waals surface area contributed by atoms with Crippen molar-refractivity contribution in [2.24, 2.45) is 11.6 Å². The van der Waals surface area contributed by atoms with Gasteiger partial charge in [-0.1, -0.05) is 0 Å². The molecule has 0 spiro atoms. The van der Waals surface area contributed by atoms with Gasteiger partial charge in [-0.05, 0) is 38.3 Å². The first-order valence-electron chi connectivity index (χ1n) is 9.48. The molecule has 1 fully saturated rings. The van der Waals surface area contributed by atoms with E-state index in [1.54, 1.807) is 19.1 Å². The number of hydrogen-bond donors (Lipinski definition) is 3. The summed E-state index contributed by atoms with van der Waals surface area (Å²) < 4.78 is 31.3. The van der Waals surface area contributed by atoms with Gasteiger partial charge in [-0.25, -0.2) is 19.6 Å². The van der Waals surface area contributed by atoms with Gasteiger partial charge in [0.25, 0.3) is 6.43 Å². The minimum absolute atomic E-state index is 0.0876. The second-order valence-electron chi connectivity index (χ2n) is 6.50. The summed E-state index contributed by atoms with van der Waals surface area (Å²) in [4.78, 5) is 15.8. The second kappa shape index (κ2) is 12.2. The number of rotatable bonds is 6. The van der Waals surface area contributed by atoms with Crippen molar-refractivity contribution in [1.29, 1.82) is 0 Å². The number of carbonyl (C=O) groups is 1. The predicted molar refractivity (Wildman–Crippen MR) is 108 cm³/mol. The van der Waals surface area contributed by atoms with Gasteiger partial charge in [-0.3, -0.25) is 4.79 Å². The summed E-state index contributed by atoms with van der Waals surface area (Å²) in [7, 11) is 1.51. The lowest BCUT2D eigenvalue weighted by Crippen LogP contribution is -2.31. The van der Waals surface area contributed by atoms with E-state index < -0.39 is 13.0 Å². The molecule has 2 heterocycles. The summed E-state index contributed by atoms with van der Waals surface area (Å²) >= 11 is 0. The van der Waals surface area contributed by atoms with E-state index in [2.05, 4.69) is 9.72 Å². The van der Waals surface area contributed by atoms with E-state index in [1.807, 2.05) is 4.90 Å². The average Bonchev–Trinajstić information content (AvgIpc) is 2.68. The van der Waals surface area contributed by atoms with Gasteiger partial charge in [0.15, 0.2) is 0 Å². The van der Waals surface area contributed by atoms with Gasteiger partial charge in [0.05, 0.1) is 36.0 Å². The zero-order valence-electron chi connectivity index (χ0n) is 17.2. The van der Waals surface area contributed by atoms with Gasteiger partial charge < -0.3 is 25.5 Å². The van der Waals surface area contributed by atoms with Gasteiger partial charge in [0.2, 0.25) is 0 Å². The van der Waals surface area contributed by atoms with Crippen molar-refractivity contribution in [2.45, 2.75) is 39.5 Å². The highest BCUT2D eigenvalue weighted by atomic mass is 19.3. The number of esters is 1. The van der Waals surface area contributed by atoms with Crippen molar-refractivity contribution in [3.05, 3.63) is 29.2 Å². The van der Waals surface area contributed by atoms with E-state index in [0.29, 0.717) is 12.3 Å². The Kier molecular flexibility index (Phi) is 10.3. The number of likely N-dealkylation sites (N-methyl/N-ethyl adjacent to an activating group) is 1. The van der Waals surface area contributed by atoms with Gasteiger partial charge in [-0.2, -0.15) is 0 Å². The van der Waals surface area contributed by atoms with Crippen molar-refractivity contribution >= 4 is 17.4 Å². The van der Waals surface area contributed by atoms with E-state index in [1.165, 1.54) is 14.0 Å². The van der Waals surface area contributed by atoms with Crippen molar-refractivity contribution in [1.82, 2.24) is 9.99 Å². The number of aromatic nitrogens is 1. The van der Waals surface area contributed by atoms with E-state index in [0.717, 1.165) is 37.4 Å². The molecule has 164 valence electrons. The van der Waals surface area contributed by atoms with E-state index in [-0.39, 0.29) is 28.8 Å². The smallest absolute Gasteiger partial charge is 0.302 e. The van der Waals surface area contributed by atoms with Crippen LogP contribution >= 0.6 is 0 Å². The summed E-state index contributed by atoms with van der Waals surface area (Å²) in [6, 6.07) is 3.21. The highest BCUT2D eigenvalue weighted by Gasteiger charge is 2.22. The molecule has 1 aliphatic heterocycles. The number of nitrogens with zero attached hydrogens (tertiary/aromatic N) is 3. The molecule has 29 heavy (non-hydrogen) atoms. The molecule has 0 atom stereocenters. The first kappa shape index (κ1) is 24.6. The van der Waals surface area contributed by atoms with E-state index in [4.69, 9.17) is 11.6 Å². The first-order valence-corrected chi connectivity index (χ1v) is 9.48. The molecule has 1 aliphatic rings. The molecule has 0 amide bonds. The van der Waals surface area contributed by atoms with Crippen LogP contribution in [-0.2, 0) is 9.53 Å². The fourth-order valence-corrected chi connectivity index (χ4v) is 2.92. The molecule has 0 radical (unpaired) electrons. The number of nitrogens with two attached hydrogens (primary N) is 2. The quantitative estimate of drug-likeness (QED) is 0.367. The van der Waals surface area contributed by atoms with Crippen LogP contribution in [0.1, 0.15) is 50.9 Å². The fraction of sp³-hybridized carbons (Fsp3) is 0.579. The van der Waals surface area contributed by atoms with Crippen LogP contribution in [0.25, 0.3) is 5.70 Å². The van der Waals surface area contributed by atoms with Crippen LogP contribution in [0.3, 0.4) is 0 Å². The zero-order valence-corrected chi connectivity index (χ0v) is 17.2. The normalized spacial score (nSPS) is 14.7. The third-order valence-electron chi connectivity index (χ3n) is 4.32. The Labute approximate surface area is 170 Å². The lowest BCUT2D eigenvalue weighted by atomic mass is 10.1. The molecule has 1 aromatic heterocycles. The van der Waals surface area contributed by atoms with E-state index >= 15 is 0 Å². The molecule has 0 aromatic carbocycles. The maximum atomic E-state index is 13.4. The van der Waals surface area contributed by atoms with Gasteiger partial charge in [-0.15, -0.1) is 0 Å². The molecule has 2 rings (SSSR count). The van der Waals surface area contributed by atoms with Crippen LogP contribution in [0.15, 0.2) is 17.8 Å². The minimum Gasteiger partial charge on any atom is -0.466 e. The molecule has 0 aliphatic carbocycles. The Morgan fingerprint density at radius 3 is 2.38 bits per heavy atom. The van der Waals surface area contributed by atoms with Crippen molar-refractivity contribution in [2.75, 3.05) is 38.3 Å². The number of hydrazine groups is 1. The Bertz CT molecular complexity index is 692. The summed E-state index contributed by atoms with van der Waals surface area (Å²) in [6.07, 6.45) is 0.385. The number of anilines is 1. The number of halogens is 2. The van der Waals surface area contributed by atoms with Gasteiger partial charge in [0, 0.05) is 27.1 Å². The Morgan fingerprint density at radius 1 is 1.34 bits per heavy atom. The third-order valence-corrected chi connectivity index (χ3v) is 4.32. The molecule has 0 unspecified atom stereocenters. The van der Waals surface area contributed by atoms with Crippen LogP contribution < -0.4 is 16.5 Å². The summed E-state index contributed by atoms with van der Waals surface area (Å²) in [5.41, 5.74) is 6.58. The molecule has 0 bridgehead atoms. The largest absolute Gasteiger partial charge is 0.466 e. The third kappa shape index (κ3) is 7.47. The van der Waals surface area contributed by atoms with Crippen molar-refractivity contribution in [3.63, 3.8) is 0 Å². The highest BCUT2D eigenvalue weighted by molar-refractivity contribution is 5.66. The van der Waals surface area contributed by atoms with Crippen LogP contribution in [0, 0.1) is 0 Å². The fourth-order valence-electron chi connectivity index (χ4n) is 2.92. The number of alkyl halides is 2. The number of carbonyl (C=O) groups excluding carboxylic acids is 1. The summed E-state index contributed by atoms with van der Waals surface area (Å²) in [5, 5.41) is 10.5. The predicted octanol–water partition coefficient (Wildman–Crippen LogP) is 2.00. The van der Waals surface area contributed by atoms with Gasteiger partial charge >= 0.3 is 5.97 Å². The minimum atomic E-state index is -2.70. The first-order chi connectivity index (χ1) is 13.7. The number of ether oxygens (including phenoxy) is 1. The maximum absolute atomic E-state index is 13.4. The van der Waals surface area contributed by atoms with Crippen molar-refractivity contribution < 1.29 is 23.4 Å². The molecule has 8 nitrogen and oxygen atoms in total. The van der Waals surface area contributed by atoms with Crippen LogP contribution in [0.4, 0.5) is 14.5 Å². The molecular weight excluding hydrogens is 384 g/mol. The molecule has 10 heteroatoms. The summed E-state index contributed by atoms with van der Waals surface area (Å²) in [5.74, 6) is 5.37. The number of pyridine rings is 1. The Morgan fingerprint density at radius 2 is 1.97 bits per heavy atom. The number of aliphatic hydroxyl groups excluding tert-OH is 1. The van der Waals surface area contributed by atoms with E-state index in [9.17, 15) is 18.7 Å². The maximum Gasteiger partial charge on any atom is 0.302 e. The monoisotopic (exact) mass is 415 g/mol. The topological polar surface area (TPSA) is 118 Å². The van der Waals surface area contributed by atoms with Gasteiger partial charge in [0.1, 0.15) is 5.69 Å². The SMILES string of the molecule is CCOC(C)=O.CN(N)/C(CO)=C(\N)c1ccc(N2CCCCC2)c(C(F)F)n1. The molecule has 1 saturated heterocycles. The van der Waals surface area contributed by atoms with Crippen molar-refractivity contribution in [3.8, 4) is 0 Å². The summed E-state index contributed by atoms with van der Waals surface area (Å²) in [6.45, 7) is 4.75. The number of piperidine rings is 1. The molecule has 0 saturated carbocycles. The molecule has 5 N–H and O–H groups in total. The lowest BCUT2D eigenvalue weighted by molar-refractivity contribution is -0.140. The van der Waals surface area contributed by atoms with Crippen LogP contribution in [-0.4, -0.2) is 54.4 Å². The Hall–Kier alpha value is -2.46. The standard InChI is InChI=1S/C15H23F2N5O.C4H8O2/c1-21(19)12(9-23)13(18)10-5-6-11(14(20-10)15(16)17)22-7-3-2-4-8-22;1-3-6-4(2)5/h5-6,15,23H,2-4,7-9,18-19H2,1H3;3H2,1-2H3/b13-12-;. The van der Waals surface area contributed by atoms with Crippen LogP contribution in [0.5, 0.6) is 0 Å². The Balaban J connectivity index is 0.000000612. The average molecular weight is 415 g/mol. The van der Waals surface area contributed by atoms with Crippen LogP contribution in [0.2, 0.25) is 0 Å². The second-order valence-corrected chi connectivity index (χ2v) is 6.50. The highest BCUT2D eigenvalue weighted by Crippen LogP contribution is 2.31.